The first-order valence-electron chi connectivity index (χ1n) is 47.8. The number of carbonyl (C=O) groups excluding carboxylic acids is 9. The van der Waals surface area contributed by atoms with Crippen LogP contribution in [0, 0.1) is 18.3 Å². The summed E-state index contributed by atoms with van der Waals surface area (Å²) in [5, 5.41) is 96.4. The number of methoxy groups -OCH3 is 4. The van der Waals surface area contributed by atoms with E-state index in [0.29, 0.717) is 70.9 Å². The molecule has 38 nitrogen and oxygen atoms in total. The van der Waals surface area contributed by atoms with Crippen LogP contribution in [0.4, 0.5) is 5.69 Å². The monoisotopic (exact) mass is 1990 g/mol. The Morgan fingerprint density at radius 3 is 1.67 bits per heavy atom. The molecule has 5 aliphatic heterocycles. The first-order valence-corrected chi connectivity index (χ1v) is 50.0. The summed E-state index contributed by atoms with van der Waals surface area (Å²) < 4.78 is 64.9. The number of nitrogens with one attached hydrogen (secondary N) is 3. The Hall–Kier alpha value is -8.01. The largest absolute Gasteiger partial charge is 0.481 e. The molecular formula is C98H151N7O31S2. The topological polar surface area (TPSA) is 526 Å². The van der Waals surface area contributed by atoms with Crippen LogP contribution in [0.1, 0.15) is 218 Å². The molecule has 1 spiro atoms. The van der Waals surface area contributed by atoms with Gasteiger partial charge in [0.2, 0.25) is 11.8 Å². The number of benzene rings is 2. The Morgan fingerprint density at radius 1 is 0.630 bits per heavy atom. The SMILES string of the molecule is CCC(CO)OC(CO)OC.CCC(CO)OC(COC(=O)CCCC(=O)NC(C)C(=O)OCCCCC(=O)[C@]1(O)C2N(C)c3cc(C)c([C@@]4(C)C[C@@H]5CN(CCc6c4[nH]c4ccccc64)CC(O)(CC)C5)cc3[C@@]23CCN2CC=C[C@](CC)(C23)[C@H]1O)OC.CCC(CO)OC(COC(=O)CCCC(=O)NSSc1ccccn1)OC.CCC(CO)OC(COC(=O)CCCC(=O)O)OC.O=C=O. The Labute approximate surface area is 817 Å². The minimum atomic E-state index is -2.17. The van der Waals surface area contributed by atoms with Crippen LogP contribution < -0.4 is 14.9 Å². The highest BCUT2D eigenvalue weighted by atomic mass is 33.1. The zero-order valence-electron chi connectivity index (χ0n) is 82.5. The van der Waals surface area contributed by atoms with Crippen molar-refractivity contribution in [1.82, 2.24) is 29.8 Å². The van der Waals surface area contributed by atoms with E-state index >= 15 is 4.79 Å². The number of aliphatic hydroxyl groups is 8. The van der Waals surface area contributed by atoms with E-state index < -0.39 is 118 Å². The lowest BCUT2D eigenvalue weighted by atomic mass is 9.47. The number of hydrogen-bond acceptors (Lipinski definition) is 36. The quantitative estimate of drug-likeness (QED) is 0.00383. The molecule has 12 N–H and O–H groups in total. The number of H-pyrrole nitrogens is 1. The number of rotatable bonds is 53. The number of hydrogen-bond donors (Lipinski definition) is 12. The summed E-state index contributed by atoms with van der Waals surface area (Å²) in [6.45, 7) is 20.6. The number of carboxylic acids is 1. The maximum absolute atomic E-state index is 15.2. The van der Waals surface area contributed by atoms with Gasteiger partial charge in [-0.05, 0) is 187 Å². The van der Waals surface area contributed by atoms with Gasteiger partial charge >= 0.3 is 36.0 Å². The maximum atomic E-state index is 15.2. The van der Waals surface area contributed by atoms with Crippen molar-refractivity contribution in [3.05, 3.63) is 101 Å². The van der Waals surface area contributed by atoms with Gasteiger partial charge in [0.25, 0.3) is 0 Å². The Morgan fingerprint density at radius 2 is 1.17 bits per heavy atom. The minimum absolute atomic E-state index is 0.0183. The van der Waals surface area contributed by atoms with Gasteiger partial charge in [-0.25, -0.2) is 9.78 Å². The molecule has 3 fully saturated rings. The first-order chi connectivity index (χ1) is 66.1. The van der Waals surface area contributed by atoms with E-state index in [0.717, 1.165) is 66.3 Å². The minimum Gasteiger partial charge on any atom is -0.481 e. The number of likely N-dealkylation sites (N-methyl/N-ethyl adjacent to an activating group) is 1. The van der Waals surface area contributed by atoms with Gasteiger partial charge in [-0.1, -0.05) is 84.0 Å². The lowest BCUT2D eigenvalue weighted by Gasteiger charge is -2.63. The van der Waals surface area contributed by atoms with E-state index in [4.69, 9.17) is 92.0 Å². The van der Waals surface area contributed by atoms with Gasteiger partial charge in [0.15, 0.2) is 36.5 Å². The summed E-state index contributed by atoms with van der Waals surface area (Å²) in [6.07, 6.45) is 8.78. The summed E-state index contributed by atoms with van der Waals surface area (Å²) in [5.41, 5.74) is 2.93. The molecule has 19 atom stereocenters. The van der Waals surface area contributed by atoms with Crippen molar-refractivity contribution < 1.29 is 151 Å². The summed E-state index contributed by atoms with van der Waals surface area (Å²) in [5.74, 6) is -3.87. The number of Topliss-reactive ketones (excluding diaryl/α,β-unsaturated/α-hetero) is 1. The third-order valence-electron chi connectivity index (χ3n) is 26.5. The number of ketones is 1. The van der Waals surface area contributed by atoms with E-state index in [9.17, 15) is 54.0 Å². The number of ether oxygens (including phenoxy) is 12. The van der Waals surface area contributed by atoms with Crippen LogP contribution in [0.15, 0.2) is 78.0 Å². The molecule has 6 aliphatic rings. The molecule has 10 rings (SSSR count). The zero-order valence-corrected chi connectivity index (χ0v) is 84.1. The predicted octanol–water partition coefficient (Wildman–Crippen LogP) is 7.68. The van der Waals surface area contributed by atoms with Gasteiger partial charge in [-0.2, -0.15) is 9.59 Å². The molecule has 1 aliphatic carbocycles. The highest BCUT2D eigenvalue weighted by molar-refractivity contribution is 8.76. The summed E-state index contributed by atoms with van der Waals surface area (Å²) in [4.78, 5) is 130. The molecule has 1 saturated carbocycles. The molecule has 2 bridgehead atoms. The predicted molar refractivity (Wildman–Crippen MR) is 510 cm³/mol. The Balaban J connectivity index is 0.000000393. The molecule has 2 saturated heterocycles. The van der Waals surface area contributed by atoms with Crippen LogP contribution in [-0.4, -0.2) is 332 Å². The second-order valence-corrected chi connectivity index (χ2v) is 37.7. The summed E-state index contributed by atoms with van der Waals surface area (Å²) in [6, 6.07) is 16.9. The maximum Gasteiger partial charge on any atom is 0.373 e. The number of aromatic nitrogens is 2. The smallest absolute Gasteiger partial charge is 0.373 e. The summed E-state index contributed by atoms with van der Waals surface area (Å²) in [7, 11) is 10.2. The number of esters is 4. The number of unbranched alkanes of at least 4 members (excludes halogenated alkanes) is 1. The molecule has 2 amide bonds. The number of anilines is 1. The average molecular weight is 1990 g/mol. The average Bonchev–Trinajstić information content (AvgIpc) is 1.48. The van der Waals surface area contributed by atoms with Crippen LogP contribution in [0.5, 0.6) is 0 Å². The third-order valence-corrected chi connectivity index (χ3v) is 28.3. The normalized spacial score (nSPS) is 24.0. The number of aryl methyl sites for hydroxylation is 1. The molecular weight excluding hydrogens is 1840 g/mol. The first kappa shape index (κ1) is 119. The number of para-hydroxylation sites is 1. The highest BCUT2D eigenvalue weighted by Gasteiger charge is 2.78. The molecule has 776 valence electrons. The molecule has 2 aromatic carbocycles. The van der Waals surface area contributed by atoms with Crippen molar-refractivity contribution in [2.75, 3.05) is 133 Å². The van der Waals surface area contributed by atoms with E-state index in [1.165, 1.54) is 79.3 Å². The third kappa shape index (κ3) is 32.8. The van der Waals surface area contributed by atoms with Crippen molar-refractivity contribution >= 4 is 92.0 Å². The molecule has 7 heterocycles. The van der Waals surface area contributed by atoms with Crippen LogP contribution in [-0.2, 0) is 122 Å². The summed E-state index contributed by atoms with van der Waals surface area (Å²) >= 11 is 0. The standard InChI is InChI=1S/C61H87N5O12.C17H26N2O6S2.C12H22O7.C7H16O4.CO2/c1-9-41(35-67)78-51(75-8)36-77-50(70)22-16-21-49(69)62-39(5)53(71)76-29-15-14-20-48(68)61(74)55-60(25-28-66-26-17-24-59(11-3,54(60)66)56(61)72)45-31-44(38(4)30-47(45)64(55)7)57(6)32-40-33-58(73,10-2)37-65(34-40)27-23-43-42-18-12-13-19-46(42)63-52(43)57;1-3-13(11-20)25-17(23-2)12-24-16(22)9-6-7-14(21)19-27-26-15-8-4-5-10-18-15;1-3-9(7-13)19-12(17-2)8-18-11(16)6-4-5-10(14)15;1-3-6(4-8)11-7(5-9)10-2;2-1-3/h12-13,17-19,24,30-31,39-41,51,54-56,63,67,72-74H,9-11,14-16,20-23,25-29,32-37H2,1-8H3,(H,62,69);4-5,8,10,13,17,20H,3,6-7,9,11-12H2,1-2H3,(H,19,21);9,12-13H,3-8H2,1-2H3,(H,14,15);6-9H,3-5H2,1-2H3;/t39?,40-,41?,51?,54?,55?,56+,57+,58?,59+,60+,61-;;;;/m0..../s1. The van der Waals surface area contributed by atoms with Crippen molar-refractivity contribution in [1.29, 1.82) is 0 Å². The van der Waals surface area contributed by atoms with Gasteiger partial charge in [0, 0.05) is 168 Å². The van der Waals surface area contributed by atoms with Crippen LogP contribution in [0.25, 0.3) is 10.9 Å². The second kappa shape index (κ2) is 59.8. The number of amides is 2. The van der Waals surface area contributed by atoms with Gasteiger partial charge in [-0.15, -0.1) is 0 Å². The number of pyridine rings is 1. The second-order valence-electron chi connectivity index (χ2n) is 35.7. The van der Waals surface area contributed by atoms with E-state index in [1.807, 2.05) is 52.9 Å². The van der Waals surface area contributed by atoms with Crippen molar-refractivity contribution in [2.24, 2.45) is 11.3 Å². The molecule has 138 heavy (non-hydrogen) atoms. The molecule has 13 unspecified atom stereocenters. The number of nitrogens with zero attached hydrogens (tertiary/aromatic N) is 4. The number of carboxylic acid groups (broad SMARTS) is 1. The molecule has 2 aromatic heterocycles. The number of piperidine rings is 1. The number of fused-ring (bicyclic) bond motifs is 6. The fraction of sp³-hybridized carbons (Fsp3) is 0.694. The van der Waals surface area contributed by atoms with E-state index in [2.05, 4.69) is 111 Å². The van der Waals surface area contributed by atoms with Gasteiger partial charge in [-0.3, -0.25) is 48.1 Å². The van der Waals surface area contributed by atoms with Gasteiger partial charge in [0.1, 0.15) is 37.0 Å². The van der Waals surface area contributed by atoms with E-state index in [-0.39, 0.29) is 166 Å². The molecule has 40 heteroatoms. The van der Waals surface area contributed by atoms with E-state index in [1.54, 1.807) is 6.20 Å². The zero-order chi connectivity index (χ0) is 102. The van der Waals surface area contributed by atoms with Crippen molar-refractivity contribution in [3.8, 4) is 0 Å². The Bertz CT molecular complexity index is 4450. The molecule has 0 radical (unpaired) electrons. The van der Waals surface area contributed by atoms with Crippen LogP contribution in [0.2, 0.25) is 0 Å². The van der Waals surface area contributed by atoms with Crippen molar-refractivity contribution in [3.63, 3.8) is 0 Å². The number of aliphatic hydroxyl groups excluding tert-OH is 6. The Kier molecular flexibility index (Phi) is 51.4. The lowest BCUT2D eigenvalue weighted by Crippen LogP contribution is -2.80. The van der Waals surface area contributed by atoms with Crippen LogP contribution >= 0.6 is 21.8 Å². The number of aliphatic carboxylic acids is 1. The van der Waals surface area contributed by atoms with Gasteiger partial charge in [0.05, 0.1) is 75.7 Å². The molecule has 4 aromatic rings. The van der Waals surface area contributed by atoms with Crippen molar-refractivity contribution in [2.45, 2.75) is 304 Å². The van der Waals surface area contributed by atoms with Gasteiger partial charge < -0.3 is 118 Å². The number of carbonyl (C=O) groups is 8. The fourth-order valence-corrected chi connectivity index (χ4v) is 20.9. The lowest BCUT2D eigenvalue weighted by molar-refractivity contribution is -0.202. The van der Waals surface area contributed by atoms with Crippen LogP contribution in [0.3, 0.4) is 0 Å². The highest BCUT2D eigenvalue weighted by Crippen LogP contribution is 2.67. The number of aromatic amines is 1. The fourth-order valence-electron chi connectivity index (χ4n) is 19.4.